The minimum atomic E-state index is 0.505. The van der Waals surface area contributed by atoms with Crippen LogP contribution in [0.5, 0.6) is 0 Å². The minimum absolute atomic E-state index is 0.505. The van der Waals surface area contributed by atoms with Gasteiger partial charge >= 0.3 is 0 Å². The molecule has 0 radical (unpaired) electrons. The van der Waals surface area contributed by atoms with Crippen molar-refractivity contribution in [3.8, 4) is 0 Å². The average molecular weight is 277 g/mol. The number of nitrogens with zero attached hydrogens (tertiary/aromatic N) is 2. The number of thioether (sulfide) groups is 1. The number of benzene rings is 1. The van der Waals surface area contributed by atoms with Crippen LogP contribution in [0.1, 0.15) is 5.56 Å². The fraction of sp³-hybridized carbons (Fsp3) is 0.0769. The van der Waals surface area contributed by atoms with Crippen LogP contribution in [-0.2, 0) is 5.75 Å². The number of aromatic nitrogens is 2. The fourth-order valence-corrected chi connectivity index (χ4v) is 2.57. The van der Waals surface area contributed by atoms with E-state index in [-0.39, 0.29) is 0 Å². The Hall–Kier alpha value is -1.52. The van der Waals surface area contributed by atoms with E-state index in [0.29, 0.717) is 10.4 Å². The first kappa shape index (κ1) is 11.6. The van der Waals surface area contributed by atoms with Gasteiger partial charge in [0, 0.05) is 11.9 Å². The van der Waals surface area contributed by atoms with Crippen molar-refractivity contribution in [3.05, 3.63) is 53.3 Å². The fourth-order valence-electron chi connectivity index (χ4n) is 1.59. The summed E-state index contributed by atoms with van der Waals surface area (Å²) in [6, 6.07) is 11.5. The third kappa shape index (κ3) is 2.49. The Bertz CT molecular complexity index is 650. The van der Waals surface area contributed by atoms with Crippen LogP contribution in [-0.4, -0.2) is 9.97 Å². The van der Waals surface area contributed by atoms with Crippen LogP contribution >= 0.6 is 23.4 Å². The second-order valence-electron chi connectivity index (χ2n) is 3.72. The van der Waals surface area contributed by atoms with Crippen LogP contribution in [0.25, 0.3) is 11.1 Å². The van der Waals surface area contributed by atoms with Gasteiger partial charge < -0.3 is 4.42 Å². The topological polar surface area (TPSA) is 38.9 Å². The van der Waals surface area contributed by atoms with Crippen molar-refractivity contribution in [2.75, 3.05) is 0 Å². The van der Waals surface area contributed by atoms with E-state index in [1.165, 1.54) is 0 Å². The molecule has 0 N–H and O–H groups in total. The maximum atomic E-state index is 5.83. The molecule has 1 aromatic carbocycles. The van der Waals surface area contributed by atoms with E-state index in [4.69, 9.17) is 16.0 Å². The van der Waals surface area contributed by atoms with Gasteiger partial charge in [0.25, 0.3) is 5.22 Å². The molecule has 3 nitrogen and oxygen atoms in total. The lowest BCUT2D eigenvalue weighted by Gasteiger charge is -1.97. The predicted molar refractivity (Wildman–Crippen MR) is 72.8 cm³/mol. The number of hydrogen-bond donors (Lipinski definition) is 0. The quantitative estimate of drug-likeness (QED) is 0.532. The summed E-state index contributed by atoms with van der Waals surface area (Å²) >= 11 is 7.38. The normalized spacial score (nSPS) is 10.9. The van der Waals surface area contributed by atoms with Gasteiger partial charge in [-0.05, 0) is 29.8 Å². The van der Waals surface area contributed by atoms with Crippen LogP contribution in [0, 0.1) is 0 Å². The van der Waals surface area contributed by atoms with Crippen LogP contribution in [0.4, 0.5) is 0 Å². The van der Waals surface area contributed by atoms with Gasteiger partial charge in [0.05, 0.1) is 0 Å². The van der Waals surface area contributed by atoms with Crippen LogP contribution in [0.3, 0.4) is 0 Å². The third-order valence-corrected chi connectivity index (χ3v) is 3.53. The number of pyridine rings is 1. The van der Waals surface area contributed by atoms with Crippen LogP contribution in [0.15, 0.2) is 52.2 Å². The second-order valence-corrected chi connectivity index (χ2v) is 5.04. The Morgan fingerprint density at radius 1 is 1.22 bits per heavy atom. The molecule has 0 fully saturated rings. The van der Waals surface area contributed by atoms with Gasteiger partial charge in [-0.25, -0.2) is 9.97 Å². The minimum Gasteiger partial charge on any atom is -0.431 e. The predicted octanol–water partition coefficient (Wildman–Crippen LogP) is 4.17. The molecule has 2 heterocycles. The molecular formula is C13H9ClN2OS. The summed E-state index contributed by atoms with van der Waals surface area (Å²) in [5, 5.41) is 1.18. The van der Waals surface area contributed by atoms with E-state index >= 15 is 0 Å². The highest BCUT2D eigenvalue weighted by atomic mass is 35.5. The molecule has 0 aliphatic rings. The number of oxazole rings is 1. The summed E-state index contributed by atoms with van der Waals surface area (Å²) in [4.78, 5) is 8.34. The molecule has 3 aromatic rings. The molecule has 0 spiro atoms. The Kier molecular flexibility index (Phi) is 3.21. The Morgan fingerprint density at radius 3 is 2.94 bits per heavy atom. The number of para-hydroxylation sites is 2. The zero-order valence-electron chi connectivity index (χ0n) is 9.34. The lowest BCUT2D eigenvalue weighted by molar-refractivity contribution is 0.489. The van der Waals surface area contributed by atoms with Crippen molar-refractivity contribution in [2.45, 2.75) is 11.0 Å². The first-order chi connectivity index (χ1) is 8.81. The number of rotatable bonds is 3. The molecule has 0 atom stereocenters. The molecule has 18 heavy (non-hydrogen) atoms. The van der Waals surface area contributed by atoms with Crippen molar-refractivity contribution >= 4 is 34.5 Å². The molecule has 3 rings (SSSR count). The lowest BCUT2D eigenvalue weighted by Crippen LogP contribution is -1.82. The second kappa shape index (κ2) is 5.00. The first-order valence-corrected chi connectivity index (χ1v) is 6.76. The van der Waals surface area contributed by atoms with Crippen LogP contribution < -0.4 is 0 Å². The van der Waals surface area contributed by atoms with Gasteiger partial charge in [-0.1, -0.05) is 35.5 Å². The standard InChI is InChI=1S/C13H9ClN2OS/c14-12-7-9(5-6-15-12)8-18-13-16-10-3-1-2-4-11(10)17-13/h1-7H,8H2. The van der Waals surface area contributed by atoms with E-state index in [9.17, 15) is 0 Å². The molecule has 5 heteroatoms. The van der Waals surface area contributed by atoms with E-state index in [1.54, 1.807) is 18.0 Å². The van der Waals surface area contributed by atoms with Gasteiger partial charge in [-0.2, -0.15) is 0 Å². The molecule has 0 saturated heterocycles. The number of halogens is 1. The molecule has 0 saturated carbocycles. The third-order valence-electron chi connectivity index (χ3n) is 2.43. The van der Waals surface area contributed by atoms with Crippen molar-refractivity contribution in [3.63, 3.8) is 0 Å². The summed E-state index contributed by atoms with van der Waals surface area (Å²) < 4.78 is 5.62. The average Bonchev–Trinajstić information content (AvgIpc) is 2.79. The van der Waals surface area contributed by atoms with E-state index in [1.807, 2.05) is 36.4 Å². The smallest absolute Gasteiger partial charge is 0.257 e. The van der Waals surface area contributed by atoms with Gasteiger partial charge in [0.1, 0.15) is 10.7 Å². The monoisotopic (exact) mass is 276 g/mol. The highest BCUT2D eigenvalue weighted by Crippen LogP contribution is 2.26. The van der Waals surface area contributed by atoms with Crippen molar-refractivity contribution in [1.82, 2.24) is 9.97 Å². The summed E-state index contributed by atoms with van der Waals surface area (Å²) in [6.07, 6.45) is 1.70. The number of hydrogen-bond acceptors (Lipinski definition) is 4. The summed E-state index contributed by atoms with van der Waals surface area (Å²) in [6.45, 7) is 0. The largest absolute Gasteiger partial charge is 0.431 e. The summed E-state index contributed by atoms with van der Waals surface area (Å²) in [7, 11) is 0. The SMILES string of the molecule is Clc1cc(CSc2nc3ccccc3o2)ccn1. The van der Waals surface area contributed by atoms with Gasteiger partial charge in [0.15, 0.2) is 5.58 Å². The van der Waals surface area contributed by atoms with Crippen molar-refractivity contribution in [2.24, 2.45) is 0 Å². The van der Waals surface area contributed by atoms with Crippen molar-refractivity contribution < 1.29 is 4.42 Å². The van der Waals surface area contributed by atoms with Gasteiger partial charge in [-0.3, -0.25) is 0 Å². The molecule has 2 aromatic heterocycles. The highest BCUT2D eigenvalue weighted by Gasteiger charge is 2.06. The van der Waals surface area contributed by atoms with Crippen LogP contribution in [0.2, 0.25) is 5.15 Å². The maximum Gasteiger partial charge on any atom is 0.257 e. The molecule has 90 valence electrons. The summed E-state index contributed by atoms with van der Waals surface area (Å²) in [5.74, 6) is 0.759. The van der Waals surface area contributed by atoms with E-state index in [2.05, 4.69) is 9.97 Å². The van der Waals surface area contributed by atoms with Gasteiger partial charge in [0.2, 0.25) is 0 Å². The zero-order valence-corrected chi connectivity index (χ0v) is 10.9. The Labute approximate surface area is 113 Å². The molecular weight excluding hydrogens is 268 g/mol. The molecule has 0 amide bonds. The van der Waals surface area contributed by atoms with Gasteiger partial charge in [-0.15, -0.1) is 0 Å². The molecule has 0 unspecified atom stereocenters. The molecule has 0 aliphatic heterocycles. The molecule has 0 aliphatic carbocycles. The number of fused-ring (bicyclic) bond motifs is 1. The summed E-state index contributed by atoms with van der Waals surface area (Å²) in [5.41, 5.74) is 2.79. The zero-order chi connectivity index (χ0) is 12.4. The Morgan fingerprint density at radius 2 is 2.11 bits per heavy atom. The maximum absolute atomic E-state index is 5.83. The first-order valence-electron chi connectivity index (χ1n) is 5.40. The lowest BCUT2D eigenvalue weighted by atomic mass is 10.3. The van der Waals surface area contributed by atoms with E-state index < -0.39 is 0 Å². The molecule has 0 bridgehead atoms. The van der Waals surface area contributed by atoms with E-state index in [0.717, 1.165) is 22.4 Å². The van der Waals surface area contributed by atoms with Crippen molar-refractivity contribution in [1.29, 1.82) is 0 Å². The Balaban J connectivity index is 1.76. The highest BCUT2D eigenvalue weighted by molar-refractivity contribution is 7.98.